The molecule has 1 rings (SSSR count). The predicted octanol–water partition coefficient (Wildman–Crippen LogP) is 1.29. The Balaban J connectivity index is 2.40. The normalized spacial score (nSPS) is 20.8. The number of hydrogen-bond donors (Lipinski definition) is 3. The SMILES string of the molecule is CC(C)CC(CNC(=O)N1CCCC(O)C1)CC(=O)O. The summed E-state index contributed by atoms with van der Waals surface area (Å²) in [6, 6.07) is -0.206. The van der Waals surface area contributed by atoms with Crippen LogP contribution in [0, 0.1) is 11.8 Å². The van der Waals surface area contributed by atoms with E-state index in [1.54, 1.807) is 4.90 Å². The third-order valence-electron chi connectivity index (χ3n) is 3.49. The Hall–Kier alpha value is -1.30. The molecule has 1 aliphatic heterocycles. The number of piperidine rings is 1. The molecule has 0 saturated carbocycles. The molecule has 1 saturated heterocycles. The first kappa shape index (κ1) is 16.8. The lowest BCUT2D eigenvalue weighted by molar-refractivity contribution is -0.138. The van der Waals surface area contributed by atoms with E-state index in [0.717, 1.165) is 19.3 Å². The van der Waals surface area contributed by atoms with Crippen molar-refractivity contribution in [2.45, 2.75) is 45.6 Å². The molecule has 116 valence electrons. The zero-order chi connectivity index (χ0) is 15.1. The van der Waals surface area contributed by atoms with Gasteiger partial charge in [0.05, 0.1) is 6.10 Å². The molecule has 2 amide bonds. The van der Waals surface area contributed by atoms with Crippen molar-refractivity contribution >= 4 is 12.0 Å². The minimum absolute atomic E-state index is 0.0498. The number of rotatable bonds is 6. The van der Waals surface area contributed by atoms with Crippen molar-refractivity contribution < 1.29 is 19.8 Å². The number of hydrogen-bond acceptors (Lipinski definition) is 3. The van der Waals surface area contributed by atoms with Crippen molar-refractivity contribution in [1.29, 1.82) is 0 Å². The average Bonchev–Trinajstić information content (AvgIpc) is 2.34. The minimum atomic E-state index is -0.835. The molecular weight excluding hydrogens is 260 g/mol. The number of likely N-dealkylation sites (tertiary alicyclic amines) is 1. The molecule has 3 N–H and O–H groups in total. The van der Waals surface area contributed by atoms with Crippen LogP contribution in [-0.4, -0.2) is 52.9 Å². The maximum absolute atomic E-state index is 12.0. The first-order valence-electron chi connectivity index (χ1n) is 7.31. The number of aliphatic carboxylic acids is 1. The first-order chi connectivity index (χ1) is 9.38. The van der Waals surface area contributed by atoms with Crippen molar-refractivity contribution in [2.75, 3.05) is 19.6 Å². The van der Waals surface area contributed by atoms with Crippen LogP contribution in [0.3, 0.4) is 0 Å². The number of aliphatic hydroxyl groups excluding tert-OH is 1. The zero-order valence-corrected chi connectivity index (χ0v) is 12.3. The van der Waals surface area contributed by atoms with Crippen LogP contribution in [0.5, 0.6) is 0 Å². The number of amides is 2. The summed E-state index contributed by atoms with van der Waals surface area (Å²) in [6.07, 6.45) is 1.94. The highest BCUT2D eigenvalue weighted by atomic mass is 16.4. The molecule has 2 atom stereocenters. The van der Waals surface area contributed by atoms with E-state index in [2.05, 4.69) is 5.32 Å². The highest BCUT2D eigenvalue weighted by molar-refractivity contribution is 5.74. The van der Waals surface area contributed by atoms with Crippen LogP contribution >= 0.6 is 0 Å². The lowest BCUT2D eigenvalue weighted by Gasteiger charge is -2.30. The van der Waals surface area contributed by atoms with Gasteiger partial charge in [-0.25, -0.2) is 4.79 Å². The maximum Gasteiger partial charge on any atom is 0.317 e. The number of aliphatic hydroxyl groups is 1. The molecule has 0 aliphatic carbocycles. The second-order valence-corrected chi connectivity index (χ2v) is 6.02. The number of carbonyl (C=O) groups excluding carboxylic acids is 1. The van der Waals surface area contributed by atoms with Gasteiger partial charge in [-0.3, -0.25) is 4.79 Å². The molecule has 1 fully saturated rings. The number of nitrogens with one attached hydrogen (secondary N) is 1. The summed E-state index contributed by atoms with van der Waals surface area (Å²) in [5, 5.41) is 21.2. The maximum atomic E-state index is 12.0. The van der Waals surface area contributed by atoms with Gasteiger partial charge in [0.1, 0.15) is 0 Å². The van der Waals surface area contributed by atoms with Gasteiger partial charge in [0.15, 0.2) is 0 Å². The van der Waals surface area contributed by atoms with E-state index in [4.69, 9.17) is 5.11 Å². The van der Waals surface area contributed by atoms with Gasteiger partial charge in [0.25, 0.3) is 0 Å². The minimum Gasteiger partial charge on any atom is -0.481 e. The molecule has 2 unspecified atom stereocenters. The standard InChI is InChI=1S/C14H26N2O4/c1-10(2)6-11(7-13(18)19)8-15-14(20)16-5-3-4-12(17)9-16/h10-12,17H,3-9H2,1-2H3,(H,15,20)(H,18,19). The van der Waals surface area contributed by atoms with E-state index in [0.29, 0.717) is 25.6 Å². The van der Waals surface area contributed by atoms with Gasteiger partial charge < -0.3 is 20.4 Å². The van der Waals surface area contributed by atoms with Crippen molar-refractivity contribution in [1.82, 2.24) is 10.2 Å². The lowest BCUT2D eigenvalue weighted by Crippen LogP contribution is -2.48. The summed E-state index contributed by atoms with van der Waals surface area (Å²) >= 11 is 0. The molecule has 0 aromatic rings. The third-order valence-corrected chi connectivity index (χ3v) is 3.49. The van der Waals surface area contributed by atoms with E-state index in [1.165, 1.54) is 0 Å². The Morgan fingerprint density at radius 3 is 2.65 bits per heavy atom. The van der Waals surface area contributed by atoms with Crippen LogP contribution in [-0.2, 0) is 4.79 Å². The second-order valence-electron chi connectivity index (χ2n) is 6.02. The summed E-state index contributed by atoms with van der Waals surface area (Å²) in [6.45, 7) is 5.46. The van der Waals surface area contributed by atoms with E-state index in [1.807, 2.05) is 13.8 Å². The van der Waals surface area contributed by atoms with Crippen LogP contribution in [0.15, 0.2) is 0 Å². The molecular formula is C14H26N2O4. The van der Waals surface area contributed by atoms with Gasteiger partial charge in [0.2, 0.25) is 0 Å². The summed E-state index contributed by atoms with van der Waals surface area (Å²) in [5.74, 6) is -0.488. The zero-order valence-electron chi connectivity index (χ0n) is 12.3. The van der Waals surface area contributed by atoms with Crippen LogP contribution in [0.25, 0.3) is 0 Å². The fourth-order valence-corrected chi connectivity index (χ4v) is 2.64. The van der Waals surface area contributed by atoms with Crippen LogP contribution < -0.4 is 5.32 Å². The lowest BCUT2D eigenvalue weighted by atomic mass is 9.94. The second kappa shape index (κ2) is 8.09. The smallest absolute Gasteiger partial charge is 0.317 e. The predicted molar refractivity (Wildman–Crippen MR) is 75.4 cm³/mol. The van der Waals surface area contributed by atoms with E-state index >= 15 is 0 Å². The fraction of sp³-hybridized carbons (Fsp3) is 0.857. The highest BCUT2D eigenvalue weighted by Gasteiger charge is 2.23. The highest BCUT2D eigenvalue weighted by Crippen LogP contribution is 2.15. The molecule has 6 heteroatoms. The van der Waals surface area contributed by atoms with Crippen LogP contribution in [0.4, 0.5) is 4.79 Å². The molecule has 0 bridgehead atoms. The molecule has 0 aromatic carbocycles. The monoisotopic (exact) mass is 286 g/mol. The van der Waals surface area contributed by atoms with Crippen molar-refractivity contribution in [3.63, 3.8) is 0 Å². The fourth-order valence-electron chi connectivity index (χ4n) is 2.64. The number of urea groups is 1. The average molecular weight is 286 g/mol. The molecule has 1 aliphatic rings. The Labute approximate surface area is 120 Å². The summed E-state index contributed by atoms with van der Waals surface area (Å²) in [7, 11) is 0. The van der Waals surface area contributed by atoms with Crippen molar-refractivity contribution in [3.05, 3.63) is 0 Å². The van der Waals surface area contributed by atoms with Gasteiger partial charge in [-0.2, -0.15) is 0 Å². The van der Waals surface area contributed by atoms with Gasteiger partial charge in [0, 0.05) is 26.1 Å². The van der Waals surface area contributed by atoms with Gasteiger partial charge in [-0.15, -0.1) is 0 Å². The number of carboxylic acids is 1. The van der Waals surface area contributed by atoms with Gasteiger partial charge in [-0.05, 0) is 31.1 Å². The first-order valence-corrected chi connectivity index (χ1v) is 7.31. The molecule has 1 heterocycles. The molecule has 0 radical (unpaired) electrons. The van der Waals surface area contributed by atoms with Gasteiger partial charge in [-0.1, -0.05) is 13.8 Å². The van der Waals surface area contributed by atoms with Crippen LogP contribution in [0.2, 0.25) is 0 Å². The molecule has 0 spiro atoms. The Bertz CT molecular complexity index is 333. The van der Waals surface area contributed by atoms with E-state index in [-0.39, 0.29) is 18.4 Å². The summed E-state index contributed by atoms with van der Waals surface area (Å²) in [4.78, 5) is 24.4. The Morgan fingerprint density at radius 2 is 2.10 bits per heavy atom. The Morgan fingerprint density at radius 1 is 1.40 bits per heavy atom. The van der Waals surface area contributed by atoms with E-state index < -0.39 is 12.1 Å². The number of carboxylic acid groups (broad SMARTS) is 1. The quantitative estimate of drug-likeness (QED) is 0.686. The van der Waals surface area contributed by atoms with Crippen molar-refractivity contribution in [3.8, 4) is 0 Å². The van der Waals surface area contributed by atoms with E-state index in [9.17, 15) is 14.7 Å². The van der Waals surface area contributed by atoms with Crippen molar-refractivity contribution in [2.24, 2.45) is 11.8 Å². The Kier molecular flexibility index (Phi) is 6.78. The van der Waals surface area contributed by atoms with Crippen LogP contribution in [0.1, 0.15) is 39.5 Å². The number of carbonyl (C=O) groups is 2. The van der Waals surface area contributed by atoms with Gasteiger partial charge >= 0.3 is 12.0 Å². The number of nitrogens with zero attached hydrogens (tertiary/aromatic N) is 1. The third kappa shape index (κ3) is 6.23. The molecule has 20 heavy (non-hydrogen) atoms. The largest absolute Gasteiger partial charge is 0.481 e. The molecule has 0 aromatic heterocycles. The topological polar surface area (TPSA) is 89.9 Å². The summed E-state index contributed by atoms with van der Waals surface area (Å²) < 4.78 is 0. The number of β-amino-alcohol motifs (C(OH)–C–C–N with tert-alkyl or cyclic N) is 1. The molecule has 6 nitrogen and oxygen atoms in total. The summed E-state index contributed by atoms with van der Waals surface area (Å²) in [5.41, 5.74) is 0.